The molecule has 0 aromatic rings. The van der Waals surface area contributed by atoms with E-state index in [1.165, 1.54) is 0 Å². The SMILES string of the molecule is O=S(=O)(Cl)C12CC(Cl)(C1)C2. The fraction of sp³-hybridized carbons (Fsp3) is 1.00. The molecule has 3 aliphatic rings. The Balaban J connectivity index is 2.27. The highest BCUT2D eigenvalue weighted by molar-refractivity contribution is 8.15. The van der Waals surface area contributed by atoms with Crippen molar-refractivity contribution in [3.8, 4) is 0 Å². The van der Waals surface area contributed by atoms with Crippen LogP contribution in [0.5, 0.6) is 0 Å². The van der Waals surface area contributed by atoms with Crippen LogP contribution in [0, 0.1) is 0 Å². The van der Waals surface area contributed by atoms with Crippen molar-refractivity contribution in [3.63, 3.8) is 0 Å². The summed E-state index contributed by atoms with van der Waals surface area (Å²) in [5.41, 5.74) is 0. The molecule has 0 radical (unpaired) electrons. The number of hydrogen-bond acceptors (Lipinski definition) is 2. The van der Waals surface area contributed by atoms with E-state index in [1.54, 1.807) is 0 Å². The van der Waals surface area contributed by atoms with Gasteiger partial charge in [-0.15, -0.1) is 11.6 Å². The Morgan fingerprint density at radius 1 is 1.20 bits per heavy atom. The maximum absolute atomic E-state index is 10.8. The fourth-order valence-electron chi connectivity index (χ4n) is 1.84. The van der Waals surface area contributed by atoms with Crippen molar-refractivity contribution in [2.45, 2.75) is 28.9 Å². The van der Waals surface area contributed by atoms with E-state index in [0.29, 0.717) is 19.3 Å². The zero-order valence-electron chi connectivity index (χ0n) is 5.10. The standard InChI is InChI=1S/C5H6Cl2O2S/c6-4-1-5(2-4,3-4)10(7,8)9/h1-3H2. The third kappa shape index (κ3) is 0.638. The van der Waals surface area contributed by atoms with Crippen LogP contribution < -0.4 is 0 Å². The molecule has 0 N–H and O–H groups in total. The lowest BCUT2D eigenvalue weighted by atomic mass is 9.54. The van der Waals surface area contributed by atoms with Crippen LogP contribution in [0.15, 0.2) is 0 Å². The summed E-state index contributed by atoms with van der Waals surface area (Å²) in [6.07, 6.45) is 1.65. The van der Waals surface area contributed by atoms with E-state index in [0.717, 1.165) is 0 Å². The lowest BCUT2D eigenvalue weighted by Crippen LogP contribution is -2.71. The molecule has 0 aromatic carbocycles. The quantitative estimate of drug-likeness (QED) is 0.475. The summed E-state index contributed by atoms with van der Waals surface area (Å²) in [5, 5.41) is 0. The van der Waals surface area contributed by atoms with Crippen LogP contribution in [0.1, 0.15) is 19.3 Å². The molecule has 0 spiro atoms. The van der Waals surface area contributed by atoms with E-state index in [-0.39, 0.29) is 4.87 Å². The van der Waals surface area contributed by atoms with Gasteiger partial charge in [-0.3, -0.25) is 0 Å². The van der Waals surface area contributed by atoms with E-state index >= 15 is 0 Å². The van der Waals surface area contributed by atoms with Crippen molar-refractivity contribution in [2.24, 2.45) is 0 Å². The minimum atomic E-state index is -3.35. The molecule has 10 heavy (non-hydrogen) atoms. The van der Waals surface area contributed by atoms with Crippen molar-refractivity contribution < 1.29 is 8.42 Å². The summed E-state index contributed by atoms with van der Waals surface area (Å²) >= 11 is 5.84. The van der Waals surface area contributed by atoms with Crippen molar-refractivity contribution >= 4 is 31.3 Å². The van der Waals surface area contributed by atoms with Crippen LogP contribution in [0.4, 0.5) is 0 Å². The second-order valence-corrected chi connectivity index (χ2v) is 7.06. The third-order valence-corrected chi connectivity index (χ3v) is 5.28. The van der Waals surface area contributed by atoms with Crippen LogP contribution in [0.3, 0.4) is 0 Å². The van der Waals surface area contributed by atoms with Crippen molar-refractivity contribution in [1.82, 2.24) is 0 Å². The molecule has 0 heterocycles. The largest absolute Gasteiger partial charge is 0.238 e. The smallest absolute Gasteiger partial charge is 0.212 e. The molecular formula is C5H6Cl2O2S. The van der Waals surface area contributed by atoms with Crippen LogP contribution >= 0.6 is 22.3 Å². The highest BCUT2D eigenvalue weighted by Crippen LogP contribution is 2.69. The van der Waals surface area contributed by atoms with Crippen LogP contribution in [0.25, 0.3) is 0 Å². The predicted octanol–water partition coefficient (Wildman–Crippen LogP) is 1.47. The molecule has 2 bridgehead atoms. The topological polar surface area (TPSA) is 34.1 Å². The molecule has 0 amide bonds. The number of alkyl halides is 1. The molecule has 0 aliphatic heterocycles. The first kappa shape index (κ1) is 7.19. The van der Waals surface area contributed by atoms with Crippen LogP contribution in [-0.4, -0.2) is 18.0 Å². The van der Waals surface area contributed by atoms with Crippen molar-refractivity contribution in [1.29, 1.82) is 0 Å². The molecule has 5 heteroatoms. The summed E-state index contributed by atoms with van der Waals surface area (Å²) in [6, 6.07) is 0. The highest BCUT2D eigenvalue weighted by Gasteiger charge is 2.73. The van der Waals surface area contributed by atoms with Crippen LogP contribution in [0.2, 0.25) is 0 Å². The molecule has 0 atom stereocenters. The number of halogens is 2. The second-order valence-electron chi connectivity index (χ2n) is 3.30. The number of rotatable bonds is 1. The summed E-state index contributed by atoms with van der Waals surface area (Å²) in [6.45, 7) is 0. The first-order valence-electron chi connectivity index (χ1n) is 3.00. The minimum Gasteiger partial charge on any atom is -0.212 e. The van der Waals surface area contributed by atoms with Gasteiger partial charge in [0.15, 0.2) is 0 Å². The second kappa shape index (κ2) is 1.50. The molecule has 3 fully saturated rings. The summed E-state index contributed by atoms with van der Waals surface area (Å²) in [7, 11) is 1.84. The predicted molar refractivity (Wildman–Crippen MR) is 39.9 cm³/mol. The van der Waals surface area contributed by atoms with E-state index < -0.39 is 13.8 Å². The van der Waals surface area contributed by atoms with Gasteiger partial charge in [-0.25, -0.2) is 8.42 Å². The average Bonchev–Trinajstić information content (AvgIpc) is 1.51. The van der Waals surface area contributed by atoms with Gasteiger partial charge in [-0.2, -0.15) is 0 Å². The van der Waals surface area contributed by atoms with Crippen molar-refractivity contribution in [3.05, 3.63) is 0 Å². The molecule has 3 saturated carbocycles. The van der Waals surface area contributed by atoms with Gasteiger partial charge >= 0.3 is 0 Å². The zero-order valence-corrected chi connectivity index (χ0v) is 7.43. The van der Waals surface area contributed by atoms with E-state index in [4.69, 9.17) is 22.3 Å². The van der Waals surface area contributed by atoms with E-state index in [1.807, 2.05) is 0 Å². The lowest BCUT2D eigenvalue weighted by molar-refractivity contribution is 0.0816. The minimum absolute atomic E-state index is 0.206. The molecular weight excluding hydrogens is 195 g/mol. The van der Waals surface area contributed by atoms with Crippen molar-refractivity contribution in [2.75, 3.05) is 0 Å². The molecule has 3 rings (SSSR count). The fourth-order valence-corrected chi connectivity index (χ4v) is 4.68. The summed E-state index contributed by atoms with van der Waals surface area (Å²) in [5.74, 6) is 0. The van der Waals surface area contributed by atoms with Gasteiger partial charge in [0.05, 0.1) is 4.75 Å². The Labute approximate surface area is 68.9 Å². The maximum atomic E-state index is 10.8. The monoisotopic (exact) mass is 200 g/mol. The maximum Gasteiger partial charge on any atom is 0.238 e. The molecule has 2 nitrogen and oxygen atoms in total. The average molecular weight is 201 g/mol. The molecule has 58 valence electrons. The Hall–Kier alpha value is 0.530. The van der Waals surface area contributed by atoms with Gasteiger partial charge in [0.25, 0.3) is 0 Å². The Bertz CT molecular complexity index is 262. The van der Waals surface area contributed by atoms with E-state index in [2.05, 4.69) is 0 Å². The Morgan fingerprint density at radius 3 is 1.70 bits per heavy atom. The zero-order chi connectivity index (χ0) is 7.62. The Kier molecular flexibility index (Phi) is 1.08. The van der Waals surface area contributed by atoms with Gasteiger partial charge in [0.2, 0.25) is 9.05 Å². The molecule has 0 unspecified atom stereocenters. The van der Waals surface area contributed by atoms with Gasteiger partial charge < -0.3 is 0 Å². The molecule has 0 aromatic heterocycles. The highest BCUT2D eigenvalue weighted by atomic mass is 35.7. The Morgan fingerprint density at radius 2 is 1.60 bits per heavy atom. The van der Waals surface area contributed by atoms with Gasteiger partial charge in [0, 0.05) is 15.6 Å². The lowest BCUT2D eigenvalue weighted by Gasteiger charge is -2.64. The first-order chi connectivity index (χ1) is 4.37. The summed E-state index contributed by atoms with van der Waals surface area (Å²) in [4.78, 5) is -0.206. The van der Waals surface area contributed by atoms with Gasteiger partial charge in [0.1, 0.15) is 0 Å². The third-order valence-electron chi connectivity index (χ3n) is 2.43. The summed E-state index contributed by atoms with van der Waals surface area (Å²) < 4.78 is 21.0. The van der Waals surface area contributed by atoms with Gasteiger partial charge in [-0.05, 0) is 19.3 Å². The number of hydrogen-bond donors (Lipinski definition) is 0. The van der Waals surface area contributed by atoms with Crippen LogP contribution in [-0.2, 0) is 9.05 Å². The molecule has 3 aliphatic carbocycles. The molecule has 0 saturated heterocycles. The normalized spacial score (nSPS) is 51.4. The van der Waals surface area contributed by atoms with E-state index in [9.17, 15) is 8.42 Å². The first-order valence-corrected chi connectivity index (χ1v) is 5.69. The van der Waals surface area contributed by atoms with Gasteiger partial charge in [-0.1, -0.05) is 0 Å².